The SMILES string of the molecule is Cc1ccc(N([C@H](C)C(=O)Nc2ccc(I)cc2)S(C)(=O)=O)cc1C. The molecule has 0 heterocycles. The number of hydrogen-bond donors (Lipinski definition) is 1. The van der Waals surface area contributed by atoms with E-state index in [1.165, 1.54) is 0 Å². The Bertz CT molecular complexity index is 880. The lowest BCUT2D eigenvalue weighted by Crippen LogP contribution is -2.45. The van der Waals surface area contributed by atoms with E-state index in [2.05, 4.69) is 27.9 Å². The summed E-state index contributed by atoms with van der Waals surface area (Å²) in [7, 11) is -3.62. The monoisotopic (exact) mass is 472 g/mol. The van der Waals surface area contributed by atoms with Crippen molar-refractivity contribution >= 4 is 49.9 Å². The van der Waals surface area contributed by atoms with Crippen molar-refractivity contribution in [2.75, 3.05) is 15.9 Å². The van der Waals surface area contributed by atoms with E-state index in [0.29, 0.717) is 11.4 Å². The van der Waals surface area contributed by atoms with Crippen LogP contribution in [0.5, 0.6) is 0 Å². The van der Waals surface area contributed by atoms with Crippen LogP contribution in [0.1, 0.15) is 18.1 Å². The third-order valence-corrected chi connectivity index (χ3v) is 5.91. The topological polar surface area (TPSA) is 66.5 Å². The van der Waals surface area contributed by atoms with Gasteiger partial charge in [0.1, 0.15) is 6.04 Å². The van der Waals surface area contributed by atoms with E-state index in [0.717, 1.165) is 25.3 Å². The van der Waals surface area contributed by atoms with Gasteiger partial charge in [-0.15, -0.1) is 0 Å². The van der Waals surface area contributed by atoms with E-state index >= 15 is 0 Å². The van der Waals surface area contributed by atoms with Crippen molar-refractivity contribution in [2.24, 2.45) is 0 Å². The molecule has 0 aliphatic rings. The molecule has 0 spiro atoms. The molecule has 5 nitrogen and oxygen atoms in total. The Morgan fingerprint density at radius 1 is 1.08 bits per heavy atom. The fourth-order valence-electron chi connectivity index (χ4n) is 2.45. The summed E-state index contributed by atoms with van der Waals surface area (Å²) < 4.78 is 26.8. The van der Waals surface area contributed by atoms with E-state index < -0.39 is 16.1 Å². The maximum atomic E-state index is 12.6. The minimum absolute atomic E-state index is 0.384. The third-order valence-electron chi connectivity index (χ3n) is 3.95. The Hall–Kier alpha value is -1.61. The van der Waals surface area contributed by atoms with Crippen molar-refractivity contribution in [3.8, 4) is 0 Å². The summed E-state index contributed by atoms with van der Waals surface area (Å²) in [6.07, 6.45) is 1.11. The van der Waals surface area contributed by atoms with Gasteiger partial charge >= 0.3 is 0 Å². The van der Waals surface area contributed by atoms with Gasteiger partial charge in [0.15, 0.2) is 0 Å². The number of carbonyl (C=O) groups excluding carboxylic acids is 1. The lowest BCUT2D eigenvalue weighted by atomic mass is 10.1. The molecule has 0 saturated carbocycles. The quantitative estimate of drug-likeness (QED) is 0.676. The fraction of sp³-hybridized carbons (Fsp3) is 0.278. The summed E-state index contributed by atoms with van der Waals surface area (Å²) in [6.45, 7) is 5.45. The molecule has 1 amide bonds. The zero-order valence-electron chi connectivity index (χ0n) is 14.6. The zero-order valence-corrected chi connectivity index (χ0v) is 17.6. The first-order valence-corrected chi connectivity index (χ1v) is 10.7. The highest BCUT2D eigenvalue weighted by Gasteiger charge is 2.29. The molecule has 134 valence electrons. The van der Waals surface area contributed by atoms with E-state index in [9.17, 15) is 13.2 Å². The average molecular weight is 472 g/mol. The van der Waals surface area contributed by atoms with Crippen LogP contribution in [0.3, 0.4) is 0 Å². The van der Waals surface area contributed by atoms with Crippen molar-refractivity contribution < 1.29 is 13.2 Å². The molecule has 0 aliphatic heterocycles. The van der Waals surface area contributed by atoms with Gasteiger partial charge in [-0.3, -0.25) is 9.10 Å². The summed E-state index contributed by atoms with van der Waals surface area (Å²) in [5.74, 6) is -0.384. The largest absolute Gasteiger partial charge is 0.324 e. The maximum Gasteiger partial charge on any atom is 0.247 e. The average Bonchev–Trinajstić information content (AvgIpc) is 2.51. The van der Waals surface area contributed by atoms with Crippen LogP contribution in [0.4, 0.5) is 11.4 Å². The van der Waals surface area contributed by atoms with Crippen molar-refractivity contribution in [3.05, 3.63) is 57.2 Å². The summed E-state index contributed by atoms with van der Waals surface area (Å²) in [5, 5.41) is 2.77. The van der Waals surface area contributed by atoms with Gasteiger partial charge in [0, 0.05) is 9.26 Å². The van der Waals surface area contributed by atoms with Gasteiger partial charge in [0.2, 0.25) is 15.9 Å². The van der Waals surface area contributed by atoms with Crippen molar-refractivity contribution in [1.82, 2.24) is 0 Å². The molecule has 25 heavy (non-hydrogen) atoms. The molecular formula is C18H21IN2O3S. The number of hydrogen-bond acceptors (Lipinski definition) is 3. The fourth-order valence-corrected chi connectivity index (χ4v) is 3.98. The lowest BCUT2D eigenvalue weighted by molar-refractivity contribution is -0.116. The van der Waals surface area contributed by atoms with Gasteiger partial charge in [-0.25, -0.2) is 8.42 Å². The van der Waals surface area contributed by atoms with Gasteiger partial charge in [0.25, 0.3) is 0 Å². The van der Waals surface area contributed by atoms with E-state index in [-0.39, 0.29) is 5.91 Å². The Morgan fingerprint density at radius 3 is 2.20 bits per heavy atom. The van der Waals surface area contributed by atoms with Gasteiger partial charge in [0.05, 0.1) is 11.9 Å². The molecule has 0 saturated heterocycles. The predicted octanol–water partition coefficient (Wildman–Crippen LogP) is 3.70. The van der Waals surface area contributed by atoms with Crippen LogP contribution >= 0.6 is 22.6 Å². The minimum Gasteiger partial charge on any atom is -0.324 e. The summed E-state index contributed by atoms with van der Waals surface area (Å²) in [6, 6.07) is 11.8. The third kappa shape index (κ3) is 4.94. The Balaban J connectivity index is 2.32. The van der Waals surface area contributed by atoms with Gasteiger partial charge in [-0.2, -0.15) is 0 Å². The normalized spacial score (nSPS) is 12.5. The van der Waals surface area contributed by atoms with E-state index in [4.69, 9.17) is 0 Å². The van der Waals surface area contributed by atoms with Crippen molar-refractivity contribution in [2.45, 2.75) is 26.8 Å². The second kappa shape index (κ2) is 7.74. The molecule has 0 radical (unpaired) electrons. The second-order valence-electron chi connectivity index (χ2n) is 6.00. The highest BCUT2D eigenvalue weighted by atomic mass is 127. The number of benzene rings is 2. The minimum atomic E-state index is -3.62. The molecule has 2 rings (SSSR count). The number of amides is 1. The summed E-state index contributed by atoms with van der Waals surface area (Å²) >= 11 is 2.18. The number of anilines is 2. The number of carbonyl (C=O) groups is 1. The number of aryl methyl sites for hydroxylation is 2. The van der Waals surface area contributed by atoms with Crippen LogP contribution in [0, 0.1) is 17.4 Å². The first-order chi connectivity index (χ1) is 11.6. The highest BCUT2D eigenvalue weighted by molar-refractivity contribution is 14.1. The van der Waals surface area contributed by atoms with Crippen LogP contribution < -0.4 is 9.62 Å². The van der Waals surface area contributed by atoms with Gasteiger partial charge < -0.3 is 5.32 Å². The van der Waals surface area contributed by atoms with Crippen LogP contribution in [-0.4, -0.2) is 26.6 Å². The smallest absolute Gasteiger partial charge is 0.247 e. The van der Waals surface area contributed by atoms with Crippen LogP contribution in [0.2, 0.25) is 0 Å². The van der Waals surface area contributed by atoms with E-state index in [1.54, 1.807) is 31.2 Å². The molecule has 2 aromatic rings. The number of nitrogens with one attached hydrogen (secondary N) is 1. The standard InChI is InChI=1S/C18H21IN2O3S/c1-12-5-10-17(11-13(12)2)21(25(4,23)24)14(3)18(22)20-16-8-6-15(19)7-9-16/h5-11,14H,1-4H3,(H,20,22)/t14-/m1/s1. The van der Waals surface area contributed by atoms with Crippen LogP contribution in [0.25, 0.3) is 0 Å². The Kier molecular flexibility index (Phi) is 6.10. The lowest BCUT2D eigenvalue weighted by Gasteiger charge is -2.28. The number of halogens is 1. The first-order valence-electron chi connectivity index (χ1n) is 7.72. The van der Waals surface area contributed by atoms with Crippen LogP contribution in [-0.2, 0) is 14.8 Å². The molecule has 0 aromatic heterocycles. The molecule has 7 heteroatoms. The summed E-state index contributed by atoms with van der Waals surface area (Å²) in [5.41, 5.74) is 3.14. The number of sulfonamides is 1. The summed E-state index contributed by atoms with van der Waals surface area (Å²) in [4.78, 5) is 12.6. The molecule has 0 bridgehead atoms. The molecule has 1 atom stereocenters. The van der Waals surface area contributed by atoms with Crippen LogP contribution in [0.15, 0.2) is 42.5 Å². The van der Waals surface area contributed by atoms with Crippen molar-refractivity contribution in [3.63, 3.8) is 0 Å². The number of rotatable bonds is 5. The van der Waals surface area contributed by atoms with E-state index in [1.807, 2.05) is 32.0 Å². The molecule has 0 aliphatic carbocycles. The molecule has 1 N–H and O–H groups in total. The maximum absolute atomic E-state index is 12.6. The Morgan fingerprint density at radius 2 is 1.68 bits per heavy atom. The molecule has 0 fully saturated rings. The van der Waals surface area contributed by atoms with Crippen molar-refractivity contribution in [1.29, 1.82) is 0 Å². The molecule has 2 aromatic carbocycles. The van der Waals surface area contributed by atoms with Gasteiger partial charge in [-0.05, 0) is 90.9 Å². The zero-order chi connectivity index (χ0) is 18.8. The second-order valence-corrected chi connectivity index (χ2v) is 9.10. The molecular weight excluding hydrogens is 451 g/mol. The first kappa shape index (κ1) is 19.7. The Labute approximate surface area is 162 Å². The predicted molar refractivity (Wildman–Crippen MR) is 110 cm³/mol. The highest BCUT2D eigenvalue weighted by Crippen LogP contribution is 2.24. The molecule has 0 unspecified atom stereocenters. The van der Waals surface area contributed by atoms with Gasteiger partial charge in [-0.1, -0.05) is 6.07 Å². The number of nitrogens with zero attached hydrogens (tertiary/aromatic N) is 1.